The van der Waals surface area contributed by atoms with E-state index in [0.717, 1.165) is 24.0 Å². The number of hydrogen-bond acceptors (Lipinski definition) is 5. The summed E-state index contributed by atoms with van der Waals surface area (Å²) in [5, 5.41) is 21.7. The minimum absolute atomic E-state index is 0.0200. The third kappa shape index (κ3) is 2.13. The minimum atomic E-state index is -1.24. The molecule has 0 bridgehead atoms. The fourth-order valence-corrected chi connectivity index (χ4v) is 4.19. The van der Waals surface area contributed by atoms with Crippen molar-refractivity contribution in [3.8, 4) is 22.8 Å². The molecule has 4 rings (SSSR count). The van der Waals surface area contributed by atoms with E-state index >= 15 is 0 Å². The Morgan fingerprint density at radius 2 is 2.04 bits per heavy atom. The summed E-state index contributed by atoms with van der Waals surface area (Å²) in [5.41, 5.74) is 1.25. The predicted octanol–water partition coefficient (Wildman–Crippen LogP) is 2.49. The highest BCUT2D eigenvalue weighted by Crippen LogP contribution is 2.50. The third-order valence-electron chi connectivity index (χ3n) is 5.42. The number of phenols is 1. The molecule has 2 aliphatic heterocycles. The molecule has 26 heavy (non-hydrogen) atoms. The van der Waals surface area contributed by atoms with Crippen LogP contribution in [0, 0.1) is 0 Å². The molecule has 0 amide bonds. The van der Waals surface area contributed by atoms with Crippen LogP contribution < -0.4 is 15.2 Å². The van der Waals surface area contributed by atoms with Gasteiger partial charge in [0.1, 0.15) is 5.56 Å². The van der Waals surface area contributed by atoms with Crippen molar-refractivity contribution < 1.29 is 19.7 Å². The number of phenolic OH excluding ortho intramolecular Hbond substituents is 1. The van der Waals surface area contributed by atoms with Gasteiger partial charge in [0.25, 0.3) is 0 Å². The van der Waals surface area contributed by atoms with Gasteiger partial charge in [0, 0.05) is 17.8 Å². The Kier molecular flexibility index (Phi) is 3.34. The molecular formula is C19H20N2O5. The van der Waals surface area contributed by atoms with Crippen molar-refractivity contribution in [3.05, 3.63) is 45.7 Å². The lowest BCUT2D eigenvalue weighted by Gasteiger charge is -2.44. The van der Waals surface area contributed by atoms with Crippen LogP contribution in [0.25, 0.3) is 11.3 Å². The van der Waals surface area contributed by atoms with E-state index in [4.69, 9.17) is 4.74 Å². The molecule has 1 unspecified atom stereocenters. The van der Waals surface area contributed by atoms with Gasteiger partial charge in [-0.15, -0.1) is 0 Å². The maximum absolute atomic E-state index is 12.3. The van der Waals surface area contributed by atoms with Gasteiger partial charge in [0.2, 0.25) is 0 Å². The quantitative estimate of drug-likeness (QED) is 0.859. The smallest absolute Gasteiger partial charge is 0.341 e. The Balaban J connectivity index is 2.07. The van der Waals surface area contributed by atoms with Gasteiger partial charge < -0.3 is 14.9 Å². The number of rotatable bonds is 2. The molecule has 0 spiro atoms. The molecule has 0 aliphatic carbocycles. The zero-order valence-electron chi connectivity index (χ0n) is 14.8. The van der Waals surface area contributed by atoms with E-state index < -0.39 is 11.4 Å². The second-order valence-corrected chi connectivity index (χ2v) is 7.41. The third-order valence-corrected chi connectivity index (χ3v) is 5.42. The van der Waals surface area contributed by atoms with Crippen molar-refractivity contribution in [3.63, 3.8) is 0 Å². The molecule has 2 N–H and O–H groups in total. The Bertz CT molecular complexity index is 992. The molecule has 1 saturated heterocycles. The van der Waals surface area contributed by atoms with Crippen molar-refractivity contribution in [2.75, 3.05) is 12.1 Å². The topological polar surface area (TPSA) is 92.0 Å². The van der Waals surface area contributed by atoms with Gasteiger partial charge >= 0.3 is 5.97 Å². The fraction of sp³-hybridized carbons (Fsp3) is 0.368. The molecule has 2 aliphatic rings. The summed E-state index contributed by atoms with van der Waals surface area (Å²) in [7, 11) is 1.47. The Labute approximate surface area is 150 Å². The molecule has 1 aromatic heterocycles. The monoisotopic (exact) mass is 356 g/mol. The SMILES string of the molecule is COc1cc2c(cc1O)C1CCC(C)(C)N1n1cc(C(=O)O)c(=O)cc1-2. The van der Waals surface area contributed by atoms with Crippen LogP contribution in [-0.4, -0.2) is 33.5 Å². The summed E-state index contributed by atoms with van der Waals surface area (Å²) in [5.74, 6) is -0.877. The van der Waals surface area contributed by atoms with Crippen LogP contribution >= 0.6 is 0 Å². The molecule has 3 heterocycles. The number of carboxylic acid groups (broad SMARTS) is 1. The molecule has 2 aromatic rings. The summed E-state index contributed by atoms with van der Waals surface area (Å²) in [4.78, 5) is 23.8. The number of methoxy groups -OCH3 is 1. The second-order valence-electron chi connectivity index (χ2n) is 7.41. The van der Waals surface area contributed by atoms with Crippen molar-refractivity contribution in [1.82, 2.24) is 4.68 Å². The van der Waals surface area contributed by atoms with Crippen LogP contribution in [0.1, 0.15) is 48.7 Å². The number of benzene rings is 1. The Hall–Kier alpha value is -2.96. The number of hydrogen-bond donors (Lipinski definition) is 2. The van der Waals surface area contributed by atoms with E-state index in [0.29, 0.717) is 11.4 Å². The second kappa shape index (κ2) is 5.27. The number of ether oxygens (including phenoxy) is 1. The summed E-state index contributed by atoms with van der Waals surface area (Å²) in [6.45, 7) is 4.17. The summed E-state index contributed by atoms with van der Waals surface area (Å²) < 4.78 is 7.00. The highest BCUT2D eigenvalue weighted by molar-refractivity contribution is 5.88. The Morgan fingerprint density at radius 3 is 2.69 bits per heavy atom. The van der Waals surface area contributed by atoms with Crippen molar-refractivity contribution in [2.24, 2.45) is 0 Å². The van der Waals surface area contributed by atoms with Crippen LogP contribution in [0.2, 0.25) is 0 Å². The van der Waals surface area contributed by atoms with Crippen LogP contribution in [0.15, 0.2) is 29.2 Å². The molecular weight excluding hydrogens is 336 g/mol. The average Bonchev–Trinajstić information content (AvgIpc) is 2.89. The molecule has 7 heteroatoms. The Morgan fingerprint density at radius 1 is 1.31 bits per heavy atom. The molecule has 1 aromatic carbocycles. The van der Waals surface area contributed by atoms with Gasteiger partial charge in [-0.3, -0.25) is 14.5 Å². The van der Waals surface area contributed by atoms with Gasteiger partial charge in [-0.25, -0.2) is 4.79 Å². The van der Waals surface area contributed by atoms with E-state index in [-0.39, 0.29) is 22.9 Å². The number of nitrogens with zero attached hydrogens (tertiary/aromatic N) is 2. The zero-order valence-corrected chi connectivity index (χ0v) is 14.8. The van der Waals surface area contributed by atoms with Crippen molar-refractivity contribution in [2.45, 2.75) is 38.3 Å². The molecule has 7 nitrogen and oxygen atoms in total. The first-order valence-electron chi connectivity index (χ1n) is 8.45. The summed E-state index contributed by atoms with van der Waals surface area (Å²) in [6.07, 6.45) is 3.17. The molecule has 1 fully saturated rings. The highest BCUT2D eigenvalue weighted by atomic mass is 16.5. The minimum Gasteiger partial charge on any atom is -0.504 e. The van der Waals surface area contributed by atoms with Crippen LogP contribution in [-0.2, 0) is 0 Å². The zero-order chi connectivity index (χ0) is 18.8. The van der Waals surface area contributed by atoms with Crippen molar-refractivity contribution in [1.29, 1.82) is 0 Å². The number of aromatic hydroxyl groups is 1. The number of carbonyl (C=O) groups is 1. The lowest BCUT2D eigenvalue weighted by atomic mass is 9.93. The van der Waals surface area contributed by atoms with Crippen LogP contribution in [0.4, 0.5) is 0 Å². The lowest BCUT2D eigenvalue weighted by Crippen LogP contribution is -2.50. The van der Waals surface area contributed by atoms with E-state index in [1.54, 1.807) is 16.8 Å². The van der Waals surface area contributed by atoms with Gasteiger partial charge in [-0.2, -0.15) is 0 Å². The first-order valence-corrected chi connectivity index (χ1v) is 8.45. The van der Waals surface area contributed by atoms with E-state index in [1.807, 2.05) is 0 Å². The largest absolute Gasteiger partial charge is 0.504 e. The van der Waals surface area contributed by atoms with Crippen molar-refractivity contribution >= 4 is 5.97 Å². The number of carboxylic acids is 1. The van der Waals surface area contributed by atoms with E-state index in [9.17, 15) is 19.8 Å². The summed E-state index contributed by atoms with van der Waals surface area (Å²) >= 11 is 0. The highest BCUT2D eigenvalue weighted by Gasteiger charge is 2.45. The molecule has 136 valence electrons. The number of aromatic nitrogens is 1. The maximum atomic E-state index is 12.3. The number of fused-ring (bicyclic) bond motifs is 6. The van der Waals surface area contributed by atoms with Crippen LogP contribution in [0.5, 0.6) is 11.5 Å². The van der Waals surface area contributed by atoms with Gasteiger partial charge in [0.05, 0.1) is 24.4 Å². The van der Waals surface area contributed by atoms with Crippen LogP contribution in [0.3, 0.4) is 0 Å². The number of aromatic carboxylic acids is 1. The standard InChI is InChI=1S/C19H20N2O5/c1-19(2)5-4-13-10-6-16(23)17(26-3)7-11(10)14-8-15(22)12(18(24)25)9-20(14)21(13)19/h6-9,13,23H,4-5H2,1-3H3,(H,24,25). The van der Waals surface area contributed by atoms with E-state index in [1.165, 1.54) is 19.4 Å². The molecule has 0 saturated carbocycles. The summed E-state index contributed by atoms with van der Waals surface area (Å²) in [6, 6.07) is 4.72. The molecule has 1 atom stereocenters. The first-order chi connectivity index (χ1) is 12.2. The lowest BCUT2D eigenvalue weighted by molar-refractivity contribution is 0.0694. The normalized spacial score (nSPS) is 19.5. The predicted molar refractivity (Wildman–Crippen MR) is 95.6 cm³/mol. The van der Waals surface area contributed by atoms with Gasteiger partial charge in [-0.1, -0.05) is 0 Å². The average molecular weight is 356 g/mol. The van der Waals surface area contributed by atoms with E-state index in [2.05, 4.69) is 18.9 Å². The fourth-order valence-electron chi connectivity index (χ4n) is 4.19. The van der Waals surface area contributed by atoms with Gasteiger partial charge in [-0.05, 0) is 44.4 Å². The first kappa shape index (κ1) is 16.5. The maximum Gasteiger partial charge on any atom is 0.341 e. The molecule has 0 radical (unpaired) electrons. The number of pyridine rings is 1. The van der Waals surface area contributed by atoms with Gasteiger partial charge in [0.15, 0.2) is 16.9 Å².